The van der Waals surface area contributed by atoms with Crippen molar-refractivity contribution in [1.82, 2.24) is 9.80 Å². The molecule has 8 heteroatoms. The van der Waals surface area contributed by atoms with Gasteiger partial charge in [-0.25, -0.2) is 0 Å². The zero-order chi connectivity index (χ0) is 25.9. The Labute approximate surface area is 217 Å². The molecule has 0 bridgehead atoms. The Hall–Kier alpha value is -3.36. The van der Waals surface area contributed by atoms with E-state index in [0.717, 1.165) is 42.8 Å². The number of carbonyl (C=O) groups excluding carboxylic acids is 2. The highest BCUT2D eigenvalue weighted by Crippen LogP contribution is 2.41. The van der Waals surface area contributed by atoms with E-state index in [1.165, 1.54) is 0 Å². The van der Waals surface area contributed by atoms with E-state index in [-0.39, 0.29) is 17.4 Å². The molecule has 37 heavy (non-hydrogen) atoms. The third-order valence-electron chi connectivity index (χ3n) is 7.12. The monoisotopic (exact) mass is 506 g/mol. The molecule has 3 aliphatic rings. The summed E-state index contributed by atoms with van der Waals surface area (Å²) in [5.41, 5.74) is 2.32. The molecule has 5 rings (SSSR count). The maximum atomic E-state index is 13.4. The first-order valence-corrected chi connectivity index (χ1v) is 13.1. The van der Waals surface area contributed by atoms with Gasteiger partial charge in [-0.05, 0) is 54.8 Å². The van der Waals surface area contributed by atoms with Gasteiger partial charge in [0.05, 0.1) is 31.4 Å². The molecule has 196 valence electrons. The van der Waals surface area contributed by atoms with Crippen LogP contribution >= 0.6 is 0 Å². The van der Waals surface area contributed by atoms with E-state index in [4.69, 9.17) is 14.2 Å². The number of hydrogen-bond donors (Lipinski definition) is 1. The Kier molecular flexibility index (Phi) is 7.48. The smallest absolute Gasteiger partial charge is 0.295 e. The maximum Gasteiger partial charge on any atom is 0.295 e. The van der Waals surface area contributed by atoms with Crippen LogP contribution in [0.4, 0.5) is 0 Å². The number of rotatable bonds is 8. The second kappa shape index (κ2) is 10.9. The van der Waals surface area contributed by atoms with Crippen LogP contribution in [0.2, 0.25) is 0 Å². The molecule has 0 saturated carbocycles. The van der Waals surface area contributed by atoms with E-state index in [1.54, 1.807) is 11.0 Å². The molecule has 0 radical (unpaired) electrons. The Bertz CT molecular complexity index is 1200. The Morgan fingerprint density at radius 1 is 1.11 bits per heavy atom. The van der Waals surface area contributed by atoms with Crippen LogP contribution in [0.3, 0.4) is 0 Å². The summed E-state index contributed by atoms with van der Waals surface area (Å²) < 4.78 is 17.1. The zero-order valence-corrected chi connectivity index (χ0v) is 21.4. The molecular formula is C29H34N2O6. The van der Waals surface area contributed by atoms with Crippen molar-refractivity contribution < 1.29 is 28.9 Å². The summed E-state index contributed by atoms with van der Waals surface area (Å²) in [6.07, 6.45) is 1.65. The fourth-order valence-corrected chi connectivity index (χ4v) is 5.25. The molecule has 0 aromatic heterocycles. The lowest BCUT2D eigenvalue weighted by molar-refractivity contribution is -0.140. The zero-order valence-electron chi connectivity index (χ0n) is 21.4. The van der Waals surface area contributed by atoms with Crippen molar-refractivity contribution in [3.63, 3.8) is 0 Å². The van der Waals surface area contributed by atoms with Gasteiger partial charge >= 0.3 is 0 Å². The predicted molar refractivity (Wildman–Crippen MR) is 139 cm³/mol. The second-order valence-electron chi connectivity index (χ2n) is 9.82. The van der Waals surface area contributed by atoms with Crippen LogP contribution in [0, 0.1) is 0 Å². The predicted octanol–water partition coefficient (Wildman–Crippen LogP) is 3.55. The van der Waals surface area contributed by atoms with E-state index >= 15 is 0 Å². The summed E-state index contributed by atoms with van der Waals surface area (Å²) in [5, 5.41) is 11.5. The number of nitrogens with zero attached hydrogens (tertiary/aromatic N) is 2. The third-order valence-corrected chi connectivity index (χ3v) is 7.12. The van der Waals surface area contributed by atoms with Crippen LogP contribution in [-0.2, 0) is 20.7 Å². The topological polar surface area (TPSA) is 88.5 Å². The maximum absolute atomic E-state index is 13.4. The van der Waals surface area contributed by atoms with Gasteiger partial charge in [0.25, 0.3) is 11.7 Å². The summed E-state index contributed by atoms with van der Waals surface area (Å²) in [6.45, 7) is 8.44. The molecule has 2 unspecified atom stereocenters. The van der Waals surface area contributed by atoms with Gasteiger partial charge in [-0.2, -0.15) is 0 Å². The lowest BCUT2D eigenvalue weighted by atomic mass is 9.94. The number of ether oxygens (including phenoxy) is 3. The van der Waals surface area contributed by atoms with Crippen LogP contribution in [0.5, 0.6) is 11.5 Å². The lowest BCUT2D eigenvalue weighted by Crippen LogP contribution is -2.42. The van der Waals surface area contributed by atoms with Gasteiger partial charge in [0.15, 0.2) is 0 Å². The van der Waals surface area contributed by atoms with E-state index in [0.29, 0.717) is 44.2 Å². The van der Waals surface area contributed by atoms with E-state index in [9.17, 15) is 14.7 Å². The number of amides is 1. The Morgan fingerprint density at radius 3 is 2.70 bits per heavy atom. The molecule has 8 nitrogen and oxygen atoms in total. The first kappa shape index (κ1) is 25.3. The number of morpholine rings is 1. The van der Waals surface area contributed by atoms with Crippen molar-refractivity contribution in [1.29, 1.82) is 0 Å². The summed E-state index contributed by atoms with van der Waals surface area (Å²) in [5.74, 6) is 0.0147. The number of hydrogen-bond acceptors (Lipinski definition) is 7. The first-order chi connectivity index (χ1) is 18.0. The van der Waals surface area contributed by atoms with Crippen LogP contribution in [-0.4, -0.2) is 78.7 Å². The number of fused-ring (bicyclic) bond motifs is 1. The van der Waals surface area contributed by atoms with Crippen LogP contribution in [0.15, 0.2) is 48.0 Å². The van der Waals surface area contributed by atoms with Crippen molar-refractivity contribution in [2.75, 3.05) is 46.0 Å². The molecule has 2 fully saturated rings. The van der Waals surface area contributed by atoms with Gasteiger partial charge in [-0.1, -0.05) is 19.1 Å². The molecular weight excluding hydrogens is 472 g/mol. The van der Waals surface area contributed by atoms with Gasteiger partial charge in [-0.15, -0.1) is 0 Å². The van der Waals surface area contributed by atoms with Crippen molar-refractivity contribution >= 4 is 17.4 Å². The summed E-state index contributed by atoms with van der Waals surface area (Å²) in [7, 11) is 0. The minimum atomic E-state index is -0.713. The fourth-order valence-electron chi connectivity index (χ4n) is 5.25. The van der Waals surface area contributed by atoms with Gasteiger partial charge in [0.1, 0.15) is 23.4 Å². The normalized spacial score (nSPS) is 23.2. The fraction of sp³-hybridized carbons (Fsp3) is 0.448. The number of ketones is 1. The average molecular weight is 507 g/mol. The molecule has 2 atom stereocenters. The molecule has 2 aromatic carbocycles. The molecule has 0 aliphatic carbocycles. The minimum absolute atomic E-state index is 0.0593. The molecule has 1 amide bonds. The highest BCUT2D eigenvalue weighted by atomic mass is 16.5. The van der Waals surface area contributed by atoms with Gasteiger partial charge in [0, 0.05) is 38.2 Å². The largest absolute Gasteiger partial charge is 0.507 e. The first-order valence-electron chi connectivity index (χ1n) is 13.1. The van der Waals surface area contributed by atoms with Gasteiger partial charge in [0.2, 0.25) is 0 Å². The van der Waals surface area contributed by atoms with Crippen molar-refractivity contribution in [3.8, 4) is 11.5 Å². The molecule has 3 aliphatic heterocycles. The van der Waals surface area contributed by atoms with Crippen molar-refractivity contribution in [2.24, 2.45) is 0 Å². The van der Waals surface area contributed by atoms with Crippen LogP contribution in [0.25, 0.3) is 5.76 Å². The highest BCUT2D eigenvalue weighted by Gasteiger charge is 2.46. The van der Waals surface area contributed by atoms with E-state index in [2.05, 4.69) is 4.90 Å². The van der Waals surface area contributed by atoms with Gasteiger partial charge < -0.3 is 24.2 Å². The minimum Gasteiger partial charge on any atom is -0.507 e. The SMILES string of the molecule is CCCOc1cccc(C2/C(=C(/O)c3ccc4c(c3)CC(C)O4)C(=O)C(=O)N2CCN2CCOCC2)c1. The highest BCUT2D eigenvalue weighted by molar-refractivity contribution is 6.46. The lowest BCUT2D eigenvalue weighted by Gasteiger charge is -2.31. The average Bonchev–Trinajstić information content (AvgIpc) is 3.41. The number of benzene rings is 2. The van der Waals surface area contributed by atoms with Crippen LogP contribution < -0.4 is 9.47 Å². The molecule has 0 spiro atoms. The molecule has 2 aromatic rings. The van der Waals surface area contributed by atoms with E-state index < -0.39 is 17.7 Å². The molecule has 1 N–H and O–H groups in total. The van der Waals surface area contributed by atoms with Crippen molar-refractivity contribution in [2.45, 2.75) is 38.8 Å². The number of likely N-dealkylation sites (tertiary alicyclic amines) is 1. The summed E-state index contributed by atoms with van der Waals surface area (Å²) >= 11 is 0. The third kappa shape index (κ3) is 5.22. The molecule has 2 saturated heterocycles. The number of aliphatic hydroxyl groups is 1. The summed E-state index contributed by atoms with van der Waals surface area (Å²) in [4.78, 5) is 30.5. The quantitative estimate of drug-likeness (QED) is 0.333. The number of carbonyl (C=O) groups is 2. The second-order valence-corrected chi connectivity index (χ2v) is 9.82. The summed E-state index contributed by atoms with van der Waals surface area (Å²) in [6, 6.07) is 12.2. The van der Waals surface area contributed by atoms with Gasteiger partial charge in [-0.3, -0.25) is 14.5 Å². The number of Topliss-reactive ketones (excluding diaryl/α,β-unsaturated/α-hetero) is 1. The molecule has 3 heterocycles. The van der Waals surface area contributed by atoms with E-state index in [1.807, 2.05) is 50.2 Å². The van der Waals surface area contributed by atoms with Crippen molar-refractivity contribution in [3.05, 3.63) is 64.7 Å². The Morgan fingerprint density at radius 2 is 1.92 bits per heavy atom. The van der Waals surface area contributed by atoms with Crippen LogP contribution in [0.1, 0.15) is 43.0 Å². The standard InChI is InChI=1S/C29H34N2O6/c1-3-13-36-23-6-4-5-20(18-23)26-25(27(32)21-7-8-24-22(17-21)16-19(2)37-24)28(33)29(34)31(26)10-9-30-11-14-35-15-12-30/h4-8,17-19,26,32H,3,9-16H2,1-2H3/b27-25-. The number of aliphatic hydroxyl groups excluding tert-OH is 1. The Balaban J connectivity index is 1.53.